The second kappa shape index (κ2) is 9.27. The summed E-state index contributed by atoms with van der Waals surface area (Å²) in [6, 6.07) is 15.3. The Labute approximate surface area is 174 Å². The van der Waals surface area contributed by atoms with E-state index in [0.29, 0.717) is 23.9 Å². The van der Waals surface area contributed by atoms with Crippen LogP contribution in [0.3, 0.4) is 0 Å². The fourth-order valence-electron chi connectivity index (χ4n) is 4.01. The van der Waals surface area contributed by atoms with E-state index in [-0.39, 0.29) is 10.8 Å². The van der Waals surface area contributed by atoms with Crippen molar-refractivity contribution in [3.8, 4) is 5.75 Å². The lowest BCUT2D eigenvalue weighted by Crippen LogP contribution is -2.31. The average Bonchev–Trinajstić information content (AvgIpc) is 3.13. The van der Waals surface area contributed by atoms with Crippen molar-refractivity contribution in [1.82, 2.24) is 10.3 Å². The SMILES string of the molecule is O=C(NCC1CCC(CCOc2ccccc2)CC1)c1ccc2[nH]c(=O)sc2c1. The molecular weight excluding hydrogens is 384 g/mol. The van der Waals surface area contributed by atoms with Gasteiger partial charge in [0.2, 0.25) is 0 Å². The number of benzene rings is 2. The maximum Gasteiger partial charge on any atom is 0.305 e. The quantitative estimate of drug-likeness (QED) is 0.598. The summed E-state index contributed by atoms with van der Waals surface area (Å²) in [4.78, 5) is 26.6. The van der Waals surface area contributed by atoms with Crippen LogP contribution in [-0.2, 0) is 0 Å². The molecule has 0 spiro atoms. The zero-order chi connectivity index (χ0) is 20.1. The number of thiazole rings is 1. The summed E-state index contributed by atoms with van der Waals surface area (Å²) in [6.07, 6.45) is 5.78. The number of hydrogen-bond donors (Lipinski definition) is 2. The number of carbonyl (C=O) groups is 1. The molecule has 1 saturated carbocycles. The van der Waals surface area contributed by atoms with Crippen molar-refractivity contribution in [2.45, 2.75) is 32.1 Å². The summed E-state index contributed by atoms with van der Waals surface area (Å²) < 4.78 is 6.64. The highest BCUT2D eigenvalue weighted by Crippen LogP contribution is 2.30. The minimum atomic E-state index is -0.0940. The molecule has 1 aliphatic carbocycles. The molecule has 6 heteroatoms. The van der Waals surface area contributed by atoms with Crippen LogP contribution in [0.25, 0.3) is 10.2 Å². The van der Waals surface area contributed by atoms with Crippen molar-refractivity contribution in [1.29, 1.82) is 0 Å². The predicted octanol–water partition coefficient (Wildman–Crippen LogP) is 4.59. The van der Waals surface area contributed by atoms with Crippen molar-refractivity contribution in [2.75, 3.05) is 13.2 Å². The number of ether oxygens (including phenoxy) is 1. The highest BCUT2D eigenvalue weighted by atomic mass is 32.1. The molecule has 0 bridgehead atoms. The minimum Gasteiger partial charge on any atom is -0.494 e. The second-order valence-corrected chi connectivity index (χ2v) is 8.79. The van der Waals surface area contributed by atoms with Crippen LogP contribution in [0.5, 0.6) is 5.75 Å². The van der Waals surface area contributed by atoms with E-state index in [1.165, 1.54) is 12.8 Å². The number of aromatic nitrogens is 1. The van der Waals surface area contributed by atoms with Crippen molar-refractivity contribution < 1.29 is 9.53 Å². The largest absolute Gasteiger partial charge is 0.494 e. The van der Waals surface area contributed by atoms with E-state index >= 15 is 0 Å². The van der Waals surface area contributed by atoms with Gasteiger partial charge in [0.1, 0.15) is 5.75 Å². The fourth-order valence-corrected chi connectivity index (χ4v) is 4.79. The van der Waals surface area contributed by atoms with Gasteiger partial charge >= 0.3 is 4.87 Å². The molecule has 0 unspecified atom stereocenters. The van der Waals surface area contributed by atoms with Crippen LogP contribution in [0.2, 0.25) is 0 Å². The Balaban J connectivity index is 1.18. The van der Waals surface area contributed by atoms with Gasteiger partial charge in [0.25, 0.3) is 5.91 Å². The summed E-state index contributed by atoms with van der Waals surface area (Å²) >= 11 is 1.13. The first-order valence-corrected chi connectivity index (χ1v) is 11.1. The molecule has 0 atom stereocenters. The summed E-state index contributed by atoms with van der Waals surface area (Å²) in [5.41, 5.74) is 1.39. The van der Waals surface area contributed by atoms with Crippen LogP contribution in [-0.4, -0.2) is 24.0 Å². The van der Waals surface area contributed by atoms with Gasteiger partial charge in [-0.2, -0.15) is 0 Å². The molecule has 3 aromatic rings. The van der Waals surface area contributed by atoms with Crippen LogP contribution in [0, 0.1) is 11.8 Å². The first kappa shape index (κ1) is 19.7. The molecule has 2 N–H and O–H groups in total. The van der Waals surface area contributed by atoms with Crippen LogP contribution < -0.4 is 14.9 Å². The van der Waals surface area contributed by atoms with Gasteiger partial charge in [-0.15, -0.1) is 0 Å². The highest BCUT2D eigenvalue weighted by molar-refractivity contribution is 7.16. The number of hydrogen-bond acceptors (Lipinski definition) is 4. The minimum absolute atomic E-state index is 0.0638. The zero-order valence-corrected chi connectivity index (χ0v) is 17.2. The molecule has 1 amide bonds. The molecule has 4 rings (SSSR count). The van der Waals surface area contributed by atoms with Crippen LogP contribution in [0.15, 0.2) is 53.3 Å². The third-order valence-corrected chi connectivity index (χ3v) is 6.58. The molecule has 0 saturated heterocycles. The first-order valence-electron chi connectivity index (χ1n) is 10.3. The van der Waals surface area contributed by atoms with Gasteiger partial charge in [-0.05, 0) is 74.3 Å². The van der Waals surface area contributed by atoms with E-state index in [2.05, 4.69) is 10.3 Å². The fraction of sp³-hybridized carbons (Fsp3) is 0.391. The van der Waals surface area contributed by atoms with Gasteiger partial charge < -0.3 is 15.0 Å². The summed E-state index contributed by atoms with van der Waals surface area (Å²) in [7, 11) is 0. The molecule has 0 aliphatic heterocycles. The number of H-pyrrole nitrogens is 1. The van der Waals surface area contributed by atoms with Gasteiger partial charge in [-0.25, -0.2) is 0 Å². The normalized spacial score (nSPS) is 19.2. The second-order valence-electron chi connectivity index (χ2n) is 7.77. The zero-order valence-electron chi connectivity index (χ0n) is 16.4. The topological polar surface area (TPSA) is 71.2 Å². The van der Waals surface area contributed by atoms with Gasteiger partial charge in [0, 0.05) is 12.1 Å². The van der Waals surface area contributed by atoms with E-state index < -0.39 is 0 Å². The summed E-state index contributed by atoms with van der Waals surface area (Å²) in [5.74, 6) is 2.13. The highest BCUT2D eigenvalue weighted by Gasteiger charge is 2.22. The maximum atomic E-state index is 12.5. The van der Waals surface area contributed by atoms with Crippen molar-refractivity contribution in [3.63, 3.8) is 0 Å². The standard InChI is InChI=1S/C23H26N2O3S/c26-22(18-10-11-20-21(14-18)29-23(27)25-20)24-15-17-8-6-16(7-9-17)12-13-28-19-4-2-1-3-5-19/h1-5,10-11,14,16-17H,6-9,12-13,15H2,(H,24,26)(H,25,27). The number of fused-ring (bicyclic) bond motifs is 1. The van der Waals surface area contributed by atoms with Crippen molar-refractivity contribution >= 4 is 27.5 Å². The first-order chi connectivity index (χ1) is 14.2. The molecule has 1 heterocycles. The lowest BCUT2D eigenvalue weighted by Gasteiger charge is -2.28. The molecule has 152 valence electrons. The number of aromatic amines is 1. The molecule has 29 heavy (non-hydrogen) atoms. The van der Waals surface area contributed by atoms with Crippen LogP contribution >= 0.6 is 11.3 Å². The van der Waals surface area contributed by atoms with Gasteiger partial charge in [-0.3, -0.25) is 9.59 Å². The van der Waals surface area contributed by atoms with Crippen LogP contribution in [0.1, 0.15) is 42.5 Å². The maximum absolute atomic E-state index is 12.5. The molecule has 1 fully saturated rings. The number of amides is 1. The van der Waals surface area contributed by atoms with Gasteiger partial charge in [0.05, 0.1) is 16.8 Å². The van der Waals surface area contributed by atoms with Crippen molar-refractivity contribution in [2.24, 2.45) is 11.8 Å². The molecule has 1 aliphatic rings. The predicted molar refractivity (Wildman–Crippen MR) is 117 cm³/mol. The number of carbonyl (C=O) groups excluding carboxylic acids is 1. The van der Waals surface area contributed by atoms with E-state index in [9.17, 15) is 9.59 Å². The Hall–Kier alpha value is -2.60. The third kappa shape index (κ3) is 5.26. The third-order valence-electron chi connectivity index (χ3n) is 5.74. The smallest absolute Gasteiger partial charge is 0.305 e. The van der Waals surface area contributed by atoms with Gasteiger partial charge in [-0.1, -0.05) is 29.5 Å². The molecule has 2 aromatic carbocycles. The summed E-state index contributed by atoms with van der Waals surface area (Å²) in [5, 5.41) is 3.07. The number of nitrogens with one attached hydrogen (secondary N) is 2. The number of para-hydroxylation sites is 1. The van der Waals surface area contributed by atoms with Crippen molar-refractivity contribution in [3.05, 3.63) is 63.8 Å². The van der Waals surface area contributed by atoms with Gasteiger partial charge in [0.15, 0.2) is 0 Å². The molecule has 0 radical (unpaired) electrons. The lowest BCUT2D eigenvalue weighted by atomic mass is 9.80. The van der Waals surface area contributed by atoms with Crippen LogP contribution in [0.4, 0.5) is 0 Å². The Morgan fingerprint density at radius 2 is 1.83 bits per heavy atom. The monoisotopic (exact) mass is 410 g/mol. The Morgan fingerprint density at radius 3 is 2.62 bits per heavy atom. The van der Waals surface area contributed by atoms with E-state index in [4.69, 9.17) is 4.74 Å². The Bertz CT molecular complexity index is 1000. The molecule has 1 aromatic heterocycles. The number of rotatable bonds is 7. The molecular formula is C23H26N2O3S. The van der Waals surface area contributed by atoms with E-state index in [1.54, 1.807) is 18.2 Å². The Kier molecular flexibility index (Phi) is 6.30. The Morgan fingerprint density at radius 1 is 1.07 bits per heavy atom. The summed E-state index contributed by atoms with van der Waals surface area (Å²) in [6.45, 7) is 1.48. The molecule has 5 nitrogen and oxygen atoms in total. The lowest BCUT2D eigenvalue weighted by molar-refractivity contribution is 0.0940. The average molecular weight is 411 g/mol. The van der Waals surface area contributed by atoms with E-state index in [0.717, 1.165) is 53.2 Å². The van der Waals surface area contributed by atoms with E-state index in [1.807, 2.05) is 30.3 Å².